The van der Waals surface area contributed by atoms with Gasteiger partial charge in [0.25, 0.3) is 0 Å². The van der Waals surface area contributed by atoms with Gasteiger partial charge >= 0.3 is 6.03 Å². The molecule has 1 fully saturated rings. The molecule has 170 valence electrons. The van der Waals surface area contributed by atoms with Crippen molar-refractivity contribution in [3.8, 4) is 17.0 Å². The molecule has 5 N–H and O–H groups in total. The zero-order valence-electron chi connectivity index (χ0n) is 18.9. The van der Waals surface area contributed by atoms with E-state index in [1.165, 1.54) is 6.42 Å². The summed E-state index contributed by atoms with van der Waals surface area (Å²) in [6, 6.07) is 14.0. The van der Waals surface area contributed by atoms with Crippen LogP contribution in [0.4, 0.5) is 16.2 Å². The molecule has 2 amide bonds. The molecule has 1 saturated carbocycles. The van der Waals surface area contributed by atoms with E-state index in [1.807, 2.05) is 43.3 Å². The minimum Gasteiger partial charge on any atom is -0.494 e. The van der Waals surface area contributed by atoms with Crippen LogP contribution in [-0.4, -0.2) is 23.7 Å². The molecule has 0 radical (unpaired) electrons. The van der Waals surface area contributed by atoms with Crippen molar-refractivity contribution in [2.24, 2.45) is 5.84 Å². The average Bonchev–Trinajstić information content (AvgIpc) is 3.04. The highest BCUT2D eigenvalue weighted by molar-refractivity contribution is 6.02. The second-order valence-corrected chi connectivity index (χ2v) is 8.33. The number of amides is 2. The molecule has 4 rings (SSSR count). The number of urea groups is 1. The van der Waals surface area contributed by atoms with E-state index in [4.69, 9.17) is 16.3 Å². The van der Waals surface area contributed by atoms with Crippen molar-refractivity contribution < 1.29 is 9.53 Å². The van der Waals surface area contributed by atoms with Gasteiger partial charge in [-0.2, -0.15) is 0 Å². The first-order chi connectivity index (χ1) is 15.5. The monoisotopic (exact) mass is 435 g/mol. The van der Waals surface area contributed by atoms with Gasteiger partial charge in [-0.05, 0) is 62.9 Å². The molecule has 7 heteroatoms. The van der Waals surface area contributed by atoms with Crippen LogP contribution in [0.25, 0.3) is 22.2 Å². The van der Waals surface area contributed by atoms with Crippen LogP contribution >= 0.6 is 0 Å². The second-order valence-electron chi connectivity index (χ2n) is 8.33. The third-order valence-electron chi connectivity index (χ3n) is 6.21. The quantitative estimate of drug-likeness (QED) is 0.196. The Morgan fingerprint density at radius 2 is 1.94 bits per heavy atom. The normalized spacial score (nSPS) is 13.7. The van der Waals surface area contributed by atoms with Gasteiger partial charge in [-0.3, -0.25) is 0 Å². The molecule has 3 aromatic rings. The number of hydrogen-bond acceptors (Lipinski definition) is 4. The van der Waals surface area contributed by atoms with Crippen LogP contribution in [0.2, 0.25) is 0 Å². The molecule has 32 heavy (non-hydrogen) atoms. The maximum absolute atomic E-state index is 12.3. The summed E-state index contributed by atoms with van der Waals surface area (Å²) in [6.45, 7) is 5.29. The maximum atomic E-state index is 12.3. The van der Waals surface area contributed by atoms with Crippen LogP contribution in [0.1, 0.15) is 52.0 Å². The fourth-order valence-corrected chi connectivity index (χ4v) is 4.25. The highest BCUT2D eigenvalue weighted by atomic mass is 16.5. The summed E-state index contributed by atoms with van der Waals surface area (Å²) in [7, 11) is 0. The number of unbranched alkanes of at least 4 members (excludes halogenated alkanes) is 1. The van der Waals surface area contributed by atoms with E-state index in [9.17, 15) is 4.79 Å². The molecule has 0 unspecified atom stereocenters. The highest BCUT2D eigenvalue weighted by Gasteiger charge is 2.27. The molecule has 7 nitrogen and oxygen atoms in total. The number of nitrogens with zero attached hydrogens (tertiary/aromatic N) is 2. The van der Waals surface area contributed by atoms with E-state index in [0.717, 1.165) is 64.3 Å². The lowest BCUT2D eigenvalue weighted by atomic mass is 9.92. The molecule has 1 heterocycles. The van der Waals surface area contributed by atoms with Gasteiger partial charge in [0.2, 0.25) is 0 Å². The number of fused-ring (bicyclic) bond motifs is 1. The van der Waals surface area contributed by atoms with Crippen LogP contribution < -0.4 is 26.6 Å². The number of hydrogen-bond donors (Lipinski definition) is 3. The Kier molecular flexibility index (Phi) is 6.55. The van der Waals surface area contributed by atoms with Crippen molar-refractivity contribution in [3.63, 3.8) is 0 Å². The number of nitrogen functional groups attached to an aromatic ring is 1. The summed E-state index contributed by atoms with van der Waals surface area (Å²) in [5.74, 6) is 6.86. The molecule has 1 aliphatic carbocycles. The number of aromatic nitrogens is 1. The van der Waals surface area contributed by atoms with Gasteiger partial charge in [-0.25, -0.2) is 15.6 Å². The molecule has 1 aromatic heterocycles. The van der Waals surface area contributed by atoms with Gasteiger partial charge in [0, 0.05) is 23.5 Å². The number of carbonyl (C=O) groups excluding carboxylic acids is 1. The molecular weight excluding hydrogens is 402 g/mol. The summed E-state index contributed by atoms with van der Waals surface area (Å²) < 4.78 is 8.07. The van der Waals surface area contributed by atoms with Crippen LogP contribution in [0.3, 0.4) is 0 Å². The predicted molar refractivity (Wildman–Crippen MR) is 131 cm³/mol. The first-order valence-corrected chi connectivity index (χ1v) is 11.5. The number of benzene rings is 2. The number of nitrogens with one attached hydrogen (secondary N) is 1. The van der Waals surface area contributed by atoms with E-state index in [0.29, 0.717) is 24.9 Å². The Bertz CT molecular complexity index is 1090. The van der Waals surface area contributed by atoms with Crippen molar-refractivity contribution in [2.75, 3.05) is 23.9 Å². The number of nitrogens with two attached hydrogens (primary N) is 2. The van der Waals surface area contributed by atoms with Gasteiger partial charge in [0.1, 0.15) is 5.75 Å². The largest absolute Gasteiger partial charge is 0.494 e. The topological polar surface area (TPSA) is 98.5 Å². The Balaban J connectivity index is 1.68. The fourth-order valence-electron chi connectivity index (χ4n) is 4.25. The van der Waals surface area contributed by atoms with Crippen molar-refractivity contribution in [3.05, 3.63) is 42.5 Å². The number of carbonyl (C=O) groups is 1. The van der Waals surface area contributed by atoms with Crippen molar-refractivity contribution in [1.29, 1.82) is 0 Å². The predicted octanol–water partition coefficient (Wildman–Crippen LogP) is 5.20. The lowest BCUT2D eigenvalue weighted by Gasteiger charge is -2.30. The first-order valence-electron chi connectivity index (χ1n) is 11.5. The SMILES string of the molecule is CCCCNC(=O)N(N)c1ccc(-c2c(N)c3cc(OCC)ccc3n2C2CCC2)cc1. The minimum atomic E-state index is -0.308. The highest BCUT2D eigenvalue weighted by Crippen LogP contribution is 2.44. The van der Waals surface area contributed by atoms with E-state index >= 15 is 0 Å². The summed E-state index contributed by atoms with van der Waals surface area (Å²) >= 11 is 0. The van der Waals surface area contributed by atoms with Crippen molar-refractivity contribution in [1.82, 2.24) is 9.88 Å². The molecule has 0 spiro atoms. The Labute approximate surface area is 189 Å². The summed E-state index contributed by atoms with van der Waals surface area (Å²) in [5, 5.41) is 5.00. The molecule has 2 aromatic carbocycles. The average molecular weight is 436 g/mol. The van der Waals surface area contributed by atoms with Gasteiger partial charge in [-0.15, -0.1) is 0 Å². The number of ether oxygens (including phenoxy) is 1. The summed E-state index contributed by atoms with van der Waals surface area (Å²) in [6.07, 6.45) is 5.47. The number of hydrazine groups is 1. The minimum absolute atomic E-state index is 0.308. The van der Waals surface area contributed by atoms with E-state index in [1.54, 1.807) is 0 Å². The molecule has 0 atom stereocenters. The van der Waals surface area contributed by atoms with Crippen LogP contribution in [0, 0.1) is 0 Å². The number of anilines is 2. The molecular formula is C25H33N5O2. The first kappa shape index (κ1) is 22.0. The van der Waals surface area contributed by atoms with E-state index in [2.05, 4.69) is 22.9 Å². The third-order valence-corrected chi connectivity index (χ3v) is 6.21. The lowest BCUT2D eigenvalue weighted by Crippen LogP contribution is -2.45. The zero-order chi connectivity index (χ0) is 22.7. The van der Waals surface area contributed by atoms with Gasteiger partial charge < -0.3 is 20.4 Å². The van der Waals surface area contributed by atoms with Gasteiger partial charge in [0.15, 0.2) is 0 Å². The fraction of sp³-hybridized carbons (Fsp3) is 0.400. The third kappa shape index (κ3) is 4.12. The summed E-state index contributed by atoms with van der Waals surface area (Å²) in [5.41, 5.74) is 11.2. The molecule has 0 saturated heterocycles. The zero-order valence-corrected chi connectivity index (χ0v) is 18.9. The van der Waals surface area contributed by atoms with Gasteiger partial charge in [0.05, 0.1) is 29.2 Å². The molecule has 1 aliphatic rings. The van der Waals surface area contributed by atoms with Crippen LogP contribution in [-0.2, 0) is 0 Å². The standard InChI is InChI=1S/C25H33N5O2/c1-3-5-15-28-25(31)30(27)19-11-9-17(10-12-19)24-23(26)21-16-20(32-4-2)13-14-22(21)29(24)18-7-6-8-18/h9-14,16,18H,3-8,15,26-27H2,1-2H3,(H,28,31). The van der Waals surface area contributed by atoms with E-state index < -0.39 is 0 Å². The molecule has 0 bridgehead atoms. The lowest BCUT2D eigenvalue weighted by molar-refractivity contribution is 0.246. The molecule has 0 aliphatic heterocycles. The van der Waals surface area contributed by atoms with Crippen LogP contribution in [0.15, 0.2) is 42.5 Å². The van der Waals surface area contributed by atoms with Gasteiger partial charge in [-0.1, -0.05) is 25.5 Å². The van der Waals surface area contributed by atoms with Crippen molar-refractivity contribution >= 4 is 28.3 Å². The van der Waals surface area contributed by atoms with Crippen LogP contribution in [0.5, 0.6) is 5.75 Å². The maximum Gasteiger partial charge on any atom is 0.336 e. The Morgan fingerprint density at radius 3 is 2.56 bits per heavy atom. The van der Waals surface area contributed by atoms with E-state index in [-0.39, 0.29) is 6.03 Å². The second kappa shape index (κ2) is 9.53. The smallest absolute Gasteiger partial charge is 0.336 e. The van der Waals surface area contributed by atoms with Crippen molar-refractivity contribution in [2.45, 2.75) is 52.0 Å². The Hall–Kier alpha value is -3.19. The number of rotatable bonds is 8. The summed E-state index contributed by atoms with van der Waals surface area (Å²) in [4.78, 5) is 12.3. The Morgan fingerprint density at radius 1 is 1.19 bits per heavy atom.